The van der Waals surface area contributed by atoms with Crippen molar-refractivity contribution in [1.82, 2.24) is 0 Å². The van der Waals surface area contributed by atoms with Crippen LogP contribution in [0.25, 0.3) is 0 Å². The third kappa shape index (κ3) is 4.97. The lowest BCUT2D eigenvalue weighted by Gasteiger charge is -2.13. The molecule has 1 atom stereocenters. The molecule has 0 aliphatic heterocycles. The molecule has 0 fully saturated rings. The molecule has 25 heavy (non-hydrogen) atoms. The van der Waals surface area contributed by atoms with Gasteiger partial charge in [-0.2, -0.15) is 0 Å². The van der Waals surface area contributed by atoms with Crippen molar-refractivity contribution in [2.45, 2.75) is 20.0 Å². The highest BCUT2D eigenvalue weighted by atomic mass is 16.6. The molecule has 0 unspecified atom stereocenters. The number of carbonyl (C=O) groups is 2. The molecular weight excluding hydrogens is 322 g/mol. The minimum atomic E-state index is -0.720. The number of rotatable bonds is 7. The Labute approximate surface area is 146 Å². The van der Waals surface area contributed by atoms with Gasteiger partial charge in [-0.15, -0.1) is 0 Å². The topological polar surface area (TPSA) is 73.9 Å². The summed E-state index contributed by atoms with van der Waals surface area (Å²) in [4.78, 5) is 23.7. The summed E-state index contributed by atoms with van der Waals surface area (Å²) in [6.07, 6.45) is -0.720. The van der Waals surface area contributed by atoms with Crippen LogP contribution in [-0.4, -0.2) is 31.7 Å². The maximum absolute atomic E-state index is 12.4. The van der Waals surface area contributed by atoms with Crippen LogP contribution in [0.15, 0.2) is 48.5 Å². The highest BCUT2D eigenvalue weighted by Crippen LogP contribution is 2.24. The van der Waals surface area contributed by atoms with E-state index in [-0.39, 0.29) is 5.91 Å². The molecule has 0 saturated heterocycles. The van der Waals surface area contributed by atoms with Crippen LogP contribution in [0, 0.1) is 0 Å². The number of carbonyl (C=O) groups excluding carboxylic acids is 2. The van der Waals surface area contributed by atoms with E-state index in [9.17, 15) is 9.59 Å². The van der Waals surface area contributed by atoms with E-state index in [0.717, 1.165) is 0 Å². The van der Waals surface area contributed by atoms with Gasteiger partial charge in [0.15, 0.2) is 6.10 Å². The van der Waals surface area contributed by atoms with E-state index in [0.29, 0.717) is 29.4 Å². The fraction of sp³-hybridized carbons (Fsp3) is 0.263. The Morgan fingerprint density at radius 2 is 1.76 bits per heavy atom. The fourth-order valence-electron chi connectivity index (χ4n) is 2.15. The zero-order valence-corrected chi connectivity index (χ0v) is 14.4. The summed E-state index contributed by atoms with van der Waals surface area (Å²) >= 11 is 0. The van der Waals surface area contributed by atoms with Gasteiger partial charge in [-0.05, 0) is 50.2 Å². The number of hydrogen-bond donors (Lipinski definition) is 1. The quantitative estimate of drug-likeness (QED) is 0.781. The zero-order chi connectivity index (χ0) is 18.2. The summed E-state index contributed by atoms with van der Waals surface area (Å²) in [6, 6.07) is 13.7. The van der Waals surface area contributed by atoms with E-state index in [1.165, 1.54) is 7.11 Å². The largest absolute Gasteiger partial charge is 0.492 e. The SMILES string of the molecule is CCOc1ccccc1NC(=O)c1ccc(O[C@@H](C)C(=O)OC)cc1. The smallest absolute Gasteiger partial charge is 0.346 e. The Bertz CT molecular complexity index is 727. The maximum atomic E-state index is 12.4. The standard InChI is InChI=1S/C19H21NO5/c1-4-24-17-8-6-5-7-16(17)20-18(21)14-9-11-15(12-10-14)25-13(2)19(22)23-3/h5-13H,4H2,1-3H3,(H,20,21)/t13-/m0/s1. The maximum Gasteiger partial charge on any atom is 0.346 e. The Balaban J connectivity index is 2.04. The normalized spacial score (nSPS) is 11.3. The van der Waals surface area contributed by atoms with Crippen LogP contribution in [0.5, 0.6) is 11.5 Å². The number of ether oxygens (including phenoxy) is 3. The van der Waals surface area contributed by atoms with Crippen molar-refractivity contribution in [1.29, 1.82) is 0 Å². The van der Waals surface area contributed by atoms with Gasteiger partial charge in [0, 0.05) is 5.56 Å². The number of esters is 1. The second kappa shape index (κ2) is 8.73. The first-order chi connectivity index (χ1) is 12.0. The Morgan fingerprint density at radius 1 is 1.08 bits per heavy atom. The number of benzene rings is 2. The third-order valence-corrected chi connectivity index (χ3v) is 3.40. The molecule has 6 heteroatoms. The van der Waals surface area contributed by atoms with Crippen LogP contribution in [0.2, 0.25) is 0 Å². The highest BCUT2D eigenvalue weighted by molar-refractivity contribution is 6.05. The molecule has 0 aliphatic carbocycles. The monoisotopic (exact) mass is 343 g/mol. The highest BCUT2D eigenvalue weighted by Gasteiger charge is 2.15. The molecule has 1 N–H and O–H groups in total. The number of hydrogen-bond acceptors (Lipinski definition) is 5. The van der Waals surface area contributed by atoms with Crippen LogP contribution in [-0.2, 0) is 9.53 Å². The zero-order valence-electron chi connectivity index (χ0n) is 14.4. The van der Waals surface area contributed by atoms with E-state index < -0.39 is 12.1 Å². The summed E-state index contributed by atoms with van der Waals surface area (Å²) in [5.74, 6) is 0.364. The van der Waals surface area contributed by atoms with Crippen molar-refractivity contribution in [3.8, 4) is 11.5 Å². The summed E-state index contributed by atoms with van der Waals surface area (Å²) in [7, 11) is 1.30. The average Bonchev–Trinajstić information content (AvgIpc) is 2.63. The molecule has 2 rings (SSSR count). The molecule has 0 saturated carbocycles. The van der Waals surface area contributed by atoms with Crippen LogP contribution >= 0.6 is 0 Å². The van der Waals surface area contributed by atoms with Gasteiger partial charge in [-0.25, -0.2) is 4.79 Å². The van der Waals surface area contributed by atoms with Crippen molar-refractivity contribution >= 4 is 17.6 Å². The Kier molecular flexibility index (Phi) is 6.39. The summed E-state index contributed by atoms with van der Waals surface area (Å²) < 4.78 is 15.5. The molecule has 1 amide bonds. The Hall–Kier alpha value is -3.02. The number of nitrogens with one attached hydrogen (secondary N) is 1. The van der Waals surface area contributed by atoms with Gasteiger partial charge >= 0.3 is 5.97 Å². The van der Waals surface area contributed by atoms with Crippen LogP contribution < -0.4 is 14.8 Å². The second-order valence-corrected chi connectivity index (χ2v) is 5.19. The molecule has 6 nitrogen and oxygen atoms in total. The van der Waals surface area contributed by atoms with Gasteiger partial charge in [0.05, 0.1) is 19.4 Å². The van der Waals surface area contributed by atoms with Crippen molar-refractivity contribution in [2.75, 3.05) is 19.0 Å². The molecule has 0 radical (unpaired) electrons. The van der Waals surface area contributed by atoms with Gasteiger partial charge < -0.3 is 19.5 Å². The van der Waals surface area contributed by atoms with E-state index in [2.05, 4.69) is 10.1 Å². The molecule has 2 aromatic carbocycles. The van der Waals surface area contributed by atoms with Crippen LogP contribution in [0.3, 0.4) is 0 Å². The van der Waals surface area contributed by atoms with Crippen molar-refractivity contribution in [3.63, 3.8) is 0 Å². The first kappa shape index (κ1) is 18.3. The summed E-state index contributed by atoms with van der Waals surface area (Å²) in [5, 5.41) is 2.82. The number of methoxy groups -OCH3 is 1. The lowest BCUT2D eigenvalue weighted by molar-refractivity contribution is -0.147. The average molecular weight is 343 g/mol. The van der Waals surface area contributed by atoms with E-state index >= 15 is 0 Å². The van der Waals surface area contributed by atoms with E-state index in [4.69, 9.17) is 9.47 Å². The minimum absolute atomic E-state index is 0.264. The predicted octanol–water partition coefficient (Wildman–Crippen LogP) is 3.28. The van der Waals surface area contributed by atoms with Gasteiger partial charge in [0.2, 0.25) is 0 Å². The van der Waals surface area contributed by atoms with Gasteiger partial charge in [0.1, 0.15) is 11.5 Å². The van der Waals surface area contributed by atoms with Crippen molar-refractivity contribution < 1.29 is 23.8 Å². The molecule has 2 aromatic rings. The summed E-state index contributed by atoms with van der Waals surface area (Å²) in [5.41, 5.74) is 1.07. The fourth-order valence-corrected chi connectivity index (χ4v) is 2.15. The van der Waals surface area contributed by atoms with Gasteiger partial charge in [-0.1, -0.05) is 12.1 Å². The van der Waals surface area contributed by atoms with E-state index in [1.807, 2.05) is 19.1 Å². The number of amides is 1. The minimum Gasteiger partial charge on any atom is -0.492 e. The molecule has 132 valence electrons. The Morgan fingerprint density at radius 3 is 2.40 bits per heavy atom. The predicted molar refractivity (Wildman–Crippen MR) is 94.1 cm³/mol. The molecule has 0 aromatic heterocycles. The molecule has 0 aliphatic rings. The number of anilines is 1. The van der Waals surface area contributed by atoms with Crippen molar-refractivity contribution in [3.05, 3.63) is 54.1 Å². The van der Waals surface area contributed by atoms with Gasteiger partial charge in [-0.3, -0.25) is 4.79 Å². The second-order valence-electron chi connectivity index (χ2n) is 5.19. The summed E-state index contributed by atoms with van der Waals surface area (Å²) in [6.45, 7) is 3.99. The number of para-hydroxylation sites is 2. The third-order valence-electron chi connectivity index (χ3n) is 3.40. The van der Waals surface area contributed by atoms with Crippen LogP contribution in [0.4, 0.5) is 5.69 Å². The lowest BCUT2D eigenvalue weighted by atomic mass is 10.2. The molecule has 0 heterocycles. The molecule has 0 bridgehead atoms. The van der Waals surface area contributed by atoms with Crippen LogP contribution in [0.1, 0.15) is 24.2 Å². The first-order valence-electron chi connectivity index (χ1n) is 7.93. The van der Waals surface area contributed by atoms with Gasteiger partial charge in [0.25, 0.3) is 5.91 Å². The van der Waals surface area contributed by atoms with E-state index in [1.54, 1.807) is 43.3 Å². The first-order valence-corrected chi connectivity index (χ1v) is 7.93. The van der Waals surface area contributed by atoms with Crippen molar-refractivity contribution in [2.24, 2.45) is 0 Å². The molecule has 0 spiro atoms. The molecular formula is C19H21NO5. The lowest BCUT2D eigenvalue weighted by Crippen LogP contribution is -2.24.